The number of nitro benzene ring substituents is 1. The van der Waals surface area contributed by atoms with Crippen LogP contribution >= 0.6 is 11.8 Å². The van der Waals surface area contributed by atoms with Gasteiger partial charge in [-0.15, -0.1) is 11.8 Å². The summed E-state index contributed by atoms with van der Waals surface area (Å²) in [5, 5.41) is 10.9. The van der Waals surface area contributed by atoms with E-state index in [1.54, 1.807) is 19.1 Å². The maximum Gasteiger partial charge on any atom is 0.316 e. The third kappa shape index (κ3) is 3.92. The molecule has 0 spiro atoms. The number of hydrogen-bond donors (Lipinski definition) is 0. The van der Waals surface area contributed by atoms with E-state index in [1.165, 1.54) is 13.2 Å². The van der Waals surface area contributed by atoms with Gasteiger partial charge in [0.15, 0.2) is 0 Å². The second kappa shape index (κ2) is 6.85. The third-order valence-corrected chi connectivity index (χ3v) is 3.05. The molecule has 0 radical (unpaired) electrons. The summed E-state index contributed by atoms with van der Waals surface area (Å²) in [4.78, 5) is 22.0. The Morgan fingerprint density at radius 2 is 2.22 bits per heavy atom. The van der Waals surface area contributed by atoms with E-state index in [1.807, 2.05) is 0 Å². The molecule has 0 heterocycles. The van der Waals surface area contributed by atoms with Crippen molar-refractivity contribution in [3.63, 3.8) is 0 Å². The first-order valence-corrected chi connectivity index (χ1v) is 6.18. The number of nitrogens with zero attached hydrogens (tertiary/aromatic N) is 1. The Labute approximate surface area is 108 Å². The van der Waals surface area contributed by atoms with Crippen LogP contribution in [0.2, 0.25) is 0 Å². The molecular weight excluding hydrogens is 258 g/mol. The Morgan fingerprint density at radius 3 is 2.78 bits per heavy atom. The number of benzene rings is 1. The standard InChI is InChI=1S/C11H13NO5S/c1-3-17-11(13)7-18-10-5-4-8(16-2)6-9(10)12(14)15/h4-6H,3,7H2,1-2H3. The fraction of sp³-hybridized carbons (Fsp3) is 0.364. The van der Waals surface area contributed by atoms with Gasteiger partial charge < -0.3 is 9.47 Å². The highest BCUT2D eigenvalue weighted by Crippen LogP contribution is 2.32. The Morgan fingerprint density at radius 1 is 1.50 bits per heavy atom. The lowest BCUT2D eigenvalue weighted by molar-refractivity contribution is -0.387. The molecule has 7 heteroatoms. The van der Waals surface area contributed by atoms with Gasteiger partial charge in [0.1, 0.15) is 5.75 Å². The fourth-order valence-electron chi connectivity index (χ4n) is 1.23. The molecular formula is C11H13NO5S. The number of methoxy groups -OCH3 is 1. The van der Waals surface area contributed by atoms with Crippen LogP contribution in [0.1, 0.15) is 6.92 Å². The SMILES string of the molecule is CCOC(=O)CSc1ccc(OC)cc1[N+](=O)[O-]. The zero-order valence-corrected chi connectivity index (χ0v) is 10.9. The maximum atomic E-state index is 11.2. The van der Waals surface area contributed by atoms with Gasteiger partial charge in [0.05, 0.1) is 35.4 Å². The smallest absolute Gasteiger partial charge is 0.316 e. The summed E-state index contributed by atoms with van der Waals surface area (Å²) in [5.74, 6) is 0.0517. The van der Waals surface area contributed by atoms with E-state index in [0.29, 0.717) is 17.3 Å². The second-order valence-electron chi connectivity index (χ2n) is 3.18. The van der Waals surface area contributed by atoms with Gasteiger partial charge in [0, 0.05) is 0 Å². The maximum absolute atomic E-state index is 11.2. The molecule has 0 amide bonds. The van der Waals surface area contributed by atoms with Crippen molar-refractivity contribution in [3.05, 3.63) is 28.3 Å². The summed E-state index contributed by atoms with van der Waals surface area (Å²) in [6.07, 6.45) is 0. The van der Waals surface area contributed by atoms with Crippen molar-refractivity contribution in [2.75, 3.05) is 19.5 Å². The van der Waals surface area contributed by atoms with Crippen LogP contribution in [0.25, 0.3) is 0 Å². The molecule has 0 aromatic heterocycles. The summed E-state index contributed by atoms with van der Waals surface area (Å²) in [7, 11) is 1.44. The van der Waals surface area contributed by atoms with Crippen molar-refractivity contribution in [1.29, 1.82) is 0 Å². The molecule has 0 unspecified atom stereocenters. The number of nitro groups is 1. The lowest BCUT2D eigenvalue weighted by atomic mass is 10.3. The van der Waals surface area contributed by atoms with E-state index in [0.717, 1.165) is 11.8 Å². The third-order valence-electron chi connectivity index (χ3n) is 2.01. The zero-order valence-electron chi connectivity index (χ0n) is 10.0. The number of carbonyl (C=O) groups excluding carboxylic acids is 1. The number of esters is 1. The summed E-state index contributed by atoms with van der Waals surface area (Å²) < 4.78 is 9.67. The van der Waals surface area contributed by atoms with E-state index in [4.69, 9.17) is 9.47 Å². The Bertz CT molecular complexity index is 449. The molecule has 6 nitrogen and oxygen atoms in total. The minimum atomic E-state index is -0.504. The van der Waals surface area contributed by atoms with Gasteiger partial charge in [0.2, 0.25) is 0 Å². The second-order valence-corrected chi connectivity index (χ2v) is 4.20. The number of thioether (sulfide) groups is 1. The Hall–Kier alpha value is -1.76. The van der Waals surface area contributed by atoms with Gasteiger partial charge in [-0.05, 0) is 19.1 Å². The van der Waals surface area contributed by atoms with Crippen LogP contribution < -0.4 is 4.74 Å². The van der Waals surface area contributed by atoms with Gasteiger partial charge in [-0.1, -0.05) is 0 Å². The van der Waals surface area contributed by atoms with E-state index < -0.39 is 10.9 Å². The lowest BCUT2D eigenvalue weighted by Gasteiger charge is -2.05. The van der Waals surface area contributed by atoms with Crippen LogP contribution in [0.4, 0.5) is 5.69 Å². The summed E-state index contributed by atoms with van der Waals surface area (Å²) >= 11 is 1.07. The Balaban J connectivity index is 2.81. The molecule has 0 aliphatic heterocycles. The van der Waals surface area contributed by atoms with Crippen LogP contribution in [-0.4, -0.2) is 30.4 Å². The molecule has 0 bridgehead atoms. The lowest BCUT2D eigenvalue weighted by Crippen LogP contribution is -2.06. The molecule has 0 fully saturated rings. The highest BCUT2D eigenvalue weighted by atomic mass is 32.2. The number of rotatable bonds is 6. The van der Waals surface area contributed by atoms with Crippen molar-refractivity contribution < 1.29 is 19.2 Å². The number of carbonyl (C=O) groups is 1. The summed E-state index contributed by atoms with van der Waals surface area (Å²) in [6, 6.07) is 4.49. The van der Waals surface area contributed by atoms with Crippen LogP contribution in [0, 0.1) is 10.1 Å². The fourth-order valence-corrected chi connectivity index (χ4v) is 2.03. The number of ether oxygens (including phenoxy) is 2. The van der Waals surface area contributed by atoms with Crippen molar-refractivity contribution in [2.24, 2.45) is 0 Å². The molecule has 1 aromatic carbocycles. The topological polar surface area (TPSA) is 78.7 Å². The van der Waals surface area contributed by atoms with Crippen LogP contribution in [0.15, 0.2) is 23.1 Å². The first kappa shape index (κ1) is 14.3. The molecule has 0 aliphatic rings. The molecule has 0 saturated heterocycles. The molecule has 0 N–H and O–H groups in total. The van der Waals surface area contributed by atoms with Gasteiger partial charge >= 0.3 is 5.97 Å². The molecule has 1 rings (SSSR count). The molecule has 0 atom stereocenters. The van der Waals surface area contributed by atoms with Gasteiger partial charge in [-0.25, -0.2) is 0 Å². The van der Waals surface area contributed by atoms with Gasteiger partial charge in [0.25, 0.3) is 5.69 Å². The van der Waals surface area contributed by atoms with E-state index in [2.05, 4.69) is 0 Å². The average molecular weight is 271 g/mol. The van der Waals surface area contributed by atoms with Crippen molar-refractivity contribution in [1.82, 2.24) is 0 Å². The average Bonchev–Trinajstić information content (AvgIpc) is 2.36. The van der Waals surface area contributed by atoms with Crippen molar-refractivity contribution >= 4 is 23.4 Å². The predicted molar refractivity (Wildman–Crippen MR) is 67.0 cm³/mol. The van der Waals surface area contributed by atoms with Crippen LogP contribution in [0.5, 0.6) is 5.75 Å². The molecule has 1 aromatic rings. The van der Waals surface area contributed by atoms with E-state index >= 15 is 0 Å². The normalized spacial score (nSPS) is 9.89. The molecule has 18 heavy (non-hydrogen) atoms. The van der Waals surface area contributed by atoms with Crippen LogP contribution in [0.3, 0.4) is 0 Å². The highest BCUT2D eigenvalue weighted by Gasteiger charge is 2.16. The number of hydrogen-bond acceptors (Lipinski definition) is 6. The molecule has 98 valence electrons. The predicted octanol–water partition coefficient (Wildman–Crippen LogP) is 2.26. The van der Waals surface area contributed by atoms with Crippen molar-refractivity contribution in [2.45, 2.75) is 11.8 Å². The summed E-state index contributed by atoms with van der Waals surface area (Å²) in [5.41, 5.74) is -0.0800. The highest BCUT2D eigenvalue weighted by molar-refractivity contribution is 8.00. The summed E-state index contributed by atoms with van der Waals surface area (Å²) in [6.45, 7) is 2.00. The van der Waals surface area contributed by atoms with Gasteiger partial charge in [-0.2, -0.15) is 0 Å². The first-order valence-electron chi connectivity index (χ1n) is 5.19. The van der Waals surface area contributed by atoms with E-state index in [9.17, 15) is 14.9 Å². The van der Waals surface area contributed by atoms with Crippen LogP contribution in [-0.2, 0) is 9.53 Å². The molecule has 0 saturated carbocycles. The first-order chi connectivity index (χ1) is 8.58. The quantitative estimate of drug-likeness (QED) is 0.342. The Kier molecular flexibility index (Phi) is 5.44. The van der Waals surface area contributed by atoms with Gasteiger partial charge in [-0.3, -0.25) is 14.9 Å². The zero-order chi connectivity index (χ0) is 13.5. The monoisotopic (exact) mass is 271 g/mol. The minimum Gasteiger partial charge on any atom is -0.497 e. The van der Waals surface area contributed by atoms with E-state index in [-0.39, 0.29) is 11.4 Å². The van der Waals surface area contributed by atoms with Crippen molar-refractivity contribution in [3.8, 4) is 5.75 Å². The largest absolute Gasteiger partial charge is 0.497 e. The minimum absolute atomic E-state index is 0.0427. The molecule has 0 aliphatic carbocycles.